The summed E-state index contributed by atoms with van der Waals surface area (Å²) in [6, 6.07) is 18.0. The lowest BCUT2D eigenvalue weighted by Gasteiger charge is -2.37. The third-order valence-corrected chi connectivity index (χ3v) is 5.03. The van der Waals surface area contributed by atoms with Crippen LogP contribution in [0.25, 0.3) is 0 Å². The van der Waals surface area contributed by atoms with Crippen molar-refractivity contribution in [2.24, 2.45) is 0 Å². The number of fused-ring (bicyclic) bond motifs is 1. The van der Waals surface area contributed by atoms with E-state index in [0.717, 1.165) is 16.9 Å². The van der Waals surface area contributed by atoms with Gasteiger partial charge in [-0.15, -0.1) is 0 Å². The number of imidazole rings is 1. The number of nitrogens with zero attached hydrogens (tertiary/aromatic N) is 3. The van der Waals surface area contributed by atoms with E-state index in [1.165, 1.54) is 6.20 Å². The van der Waals surface area contributed by atoms with Crippen molar-refractivity contribution in [3.8, 4) is 11.8 Å². The monoisotopic (exact) mass is 409 g/mol. The molecular formula is C22H23N3O5. The molecule has 3 aromatic rings. The normalized spacial score (nSPS) is 17.1. The summed E-state index contributed by atoms with van der Waals surface area (Å²) in [6.07, 6.45) is 1.09. The van der Waals surface area contributed by atoms with Crippen molar-refractivity contribution in [2.45, 2.75) is 45.3 Å². The second-order valence-electron chi connectivity index (χ2n) is 7.71. The summed E-state index contributed by atoms with van der Waals surface area (Å²) in [5.41, 5.74) is 1.46. The maximum Gasteiger partial charge on any atom is 0.414 e. The minimum Gasteiger partial charge on any atom is -0.489 e. The van der Waals surface area contributed by atoms with Gasteiger partial charge >= 0.3 is 11.8 Å². The van der Waals surface area contributed by atoms with E-state index < -0.39 is 10.5 Å². The number of rotatable bonds is 7. The Balaban J connectivity index is 1.35. The van der Waals surface area contributed by atoms with Crippen molar-refractivity contribution in [2.75, 3.05) is 0 Å². The first-order valence-corrected chi connectivity index (χ1v) is 9.68. The van der Waals surface area contributed by atoms with Gasteiger partial charge in [0, 0.05) is 4.98 Å². The highest BCUT2D eigenvalue weighted by Gasteiger charge is 2.41. The fraction of sp³-hybridized carbons (Fsp3) is 0.318. The van der Waals surface area contributed by atoms with Gasteiger partial charge in [-0.1, -0.05) is 42.5 Å². The molecule has 30 heavy (non-hydrogen) atoms. The molecule has 0 bridgehead atoms. The van der Waals surface area contributed by atoms with Gasteiger partial charge in [0.25, 0.3) is 0 Å². The third-order valence-electron chi connectivity index (χ3n) is 5.03. The van der Waals surface area contributed by atoms with Crippen LogP contribution in [0.2, 0.25) is 0 Å². The Labute approximate surface area is 174 Å². The molecule has 1 atom stereocenters. The maximum atomic E-state index is 11.0. The summed E-state index contributed by atoms with van der Waals surface area (Å²) in [5.74, 6) is 0.562. The summed E-state index contributed by atoms with van der Waals surface area (Å²) >= 11 is 0. The van der Waals surface area contributed by atoms with Crippen molar-refractivity contribution >= 4 is 5.82 Å². The van der Waals surface area contributed by atoms with Gasteiger partial charge in [0.05, 0.1) is 13.2 Å². The molecule has 1 aliphatic rings. The van der Waals surface area contributed by atoms with Crippen LogP contribution in [0.15, 0.2) is 60.8 Å². The number of aromatic nitrogens is 2. The van der Waals surface area contributed by atoms with Crippen molar-refractivity contribution in [1.29, 1.82) is 0 Å². The molecule has 0 N–H and O–H groups in total. The first kappa shape index (κ1) is 19.9. The minimum absolute atomic E-state index is 0.229. The van der Waals surface area contributed by atoms with Crippen LogP contribution in [-0.2, 0) is 24.5 Å². The van der Waals surface area contributed by atoms with Gasteiger partial charge in [-0.2, -0.15) is 0 Å². The lowest BCUT2D eigenvalue weighted by molar-refractivity contribution is -0.389. The van der Waals surface area contributed by atoms with Crippen LogP contribution in [0, 0.1) is 10.1 Å². The van der Waals surface area contributed by atoms with Gasteiger partial charge in [0.2, 0.25) is 0 Å². The topological polar surface area (TPSA) is 88.7 Å². The molecule has 156 valence electrons. The summed E-state index contributed by atoms with van der Waals surface area (Å²) in [6.45, 7) is 5.12. The van der Waals surface area contributed by atoms with Gasteiger partial charge in [-0.25, -0.2) is 0 Å². The van der Waals surface area contributed by atoms with Crippen LogP contribution in [0.3, 0.4) is 0 Å². The average Bonchev–Trinajstić information content (AvgIpc) is 3.14. The van der Waals surface area contributed by atoms with E-state index in [4.69, 9.17) is 14.2 Å². The zero-order chi connectivity index (χ0) is 21.1. The van der Waals surface area contributed by atoms with E-state index in [-0.39, 0.29) is 17.9 Å². The Morgan fingerprint density at radius 2 is 1.83 bits per heavy atom. The van der Waals surface area contributed by atoms with Gasteiger partial charge in [0.15, 0.2) is 0 Å². The van der Waals surface area contributed by atoms with Crippen LogP contribution < -0.4 is 9.47 Å². The van der Waals surface area contributed by atoms with Gasteiger partial charge in [-0.3, -0.25) is 4.57 Å². The number of hydrogen-bond acceptors (Lipinski definition) is 6. The molecule has 0 radical (unpaired) electrons. The quantitative estimate of drug-likeness (QED) is 0.431. The molecule has 0 saturated heterocycles. The molecule has 8 nitrogen and oxygen atoms in total. The molecule has 2 aromatic carbocycles. The van der Waals surface area contributed by atoms with E-state index in [1.54, 1.807) is 4.57 Å². The van der Waals surface area contributed by atoms with E-state index in [0.29, 0.717) is 19.8 Å². The van der Waals surface area contributed by atoms with E-state index in [9.17, 15) is 10.1 Å². The minimum atomic E-state index is -0.659. The number of benzene rings is 2. The molecule has 1 aromatic heterocycles. The Bertz CT molecular complexity index is 1020. The first-order chi connectivity index (χ1) is 14.4. The Morgan fingerprint density at radius 1 is 1.13 bits per heavy atom. The molecular weight excluding hydrogens is 386 g/mol. The number of ether oxygens (including phenoxy) is 3. The fourth-order valence-electron chi connectivity index (χ4n) is 3.26. The van der Waals surface area contributed by atoms with Crippen LogP contribution in [-0.4, -0.2) is 26.2 Å². The molecule has 0 aliphatic carbocycles. The molecule has 8 heteroatoms. The fourth-order valence-corrected chi connectivity index (χ4v) is 3.26. The summed E-state index contributed by atoms with van der Waals surface area (Å²) in [5, 5.41) is 11.0. The molecule has 0 spiro atoms. The Hall–Kier alpha value is -3.39. The van der Waals surface area contributed by atoms with E-state index in [2.05, 4.69) is 4.98 Å². The lowest BCUT2D eigenvalue weighted by Crippen LogP contribution is -2.49. The molecule has 4 rings (SSSR count). The van der Waals surface area contributed by atoms with Crippen LogP contribution in [0.1, 0.15) is 25.0 Å². The first-order valence-electron chi connectivity index (χ1n) is 9.68. The Morgan fingerprint density at radius 3 is 2.53 bits per heavy atom. The summed E-state index contributed by atoms with van der Waals surface area (Å²) in [7, 11) is 0. The van der Waals surface area contributed by atoms with Crippen molar-refractivity contribution in [3.63, 3.8) is 0 Å². The van der Waals surface area contributed by atoms with Crippen molar-refractivity contribution in [3.05, 3.63) is 82.0 Å². The molecule has 0 saturated carbocycles. The van der Waals surface area contributed by atoms with Crippen molar-refractivity contribution < 1.29 is 19.1 Å². The van der Waals surface area contributed by atoms with Gasteiger partial charge < -0.3 is 24.3 Å². The zero-order valence-electron chi connectivity index (χ0n) is 16.9. The van der Waals surface area contributed by atoms with Crippen LogP contribution in [0.4, 0.5) is 5.82 Å². The lowest BCUT2D eigenvalue weighted by atomic mass is 10.00. The highest BCUT2D eigenvalue weighted by molar-refractivity contribution is 5.28. The average molecular weight is 409 g/mol. The largest absolute Gasteiger partial charge is 0.489 e. The zero-order valence-corrected chi connectivity index (χ0v) is 16.9. The van der Waals surface area contributed by atoms with Gasteiger partial charge in [0.1, 0.15) is 30.3 Å². The highest BCUT2D eigenvalue weighted by Crippen LogP contribution is 2.32. The van der Waals surface area contributed by atoms with E-state index >= 15 is 0 Å². The third kappa shape index (κ3) is 4.44. The van der Waals surface area contributed by atoms with Gasteiger partial charge in [-0.05, 0) is 42.0 Å². The van der Waals surface area contributed by atoms with Crippen LogP contribution in [0.5, 0.6) is 11.8 Å². The SMILES string of the molecule is CC1(C)Oc2nc([N+](=O)[O-])cn2CC1OCc1ccc(OCc2ccccc2)cc1. The second kappa shape index (κ2) is 8.16. The summed E-state index contributed by atoms with van der Waals surface area (Å²) < 4.78 is 19.4. The predicted molar refractivity (Wildman–Crippen MR) is 109 cm³/mol. The smallest absolute Gasteiger partial charge is 0.414 e. The molecule has 1 unspecified atom stereocenters. The molecule has 1 aliphatic heterocycles. The number of nitro groups is 1. The maximum absolute atomic E-state index is 11.0. The molecule has 2 heterocycles. The van der Waals surface area contributed by atoms with Crippen LogP contribution >= 0.6 is 0 Å². The number of hydrogen-bond donors (Lipinski definition) is 0. The van der Waals surface area contributed by atoms with Crippen molar-refractivity contribution in [1.82, 2.24) is 9.55 Å². The second-order valence-corrected chi connectivity index (χ2v) is 7.71. The predicted octanol–water partition coefficient (Wildman–Crippen LogP) is 4.13. The molecule has 0 fully saturated rings. The summed E-state index contributed by atoms with van der Waals surface area (Å²) in [4.78, 5) is 14.4. The standard InChI is InChI=1S/C22H23N3O5/c1-22(2)19(12-24-13-20(25(26)27)23-21(24)30-22)29-15-17-8-10-18(11-9-17)28-14-16-6-4-3-5-7-16/h3-11,13,19H,12,14-15H2,1-2H3. The molecule has 0 amide bonds. The Kier molecular flexibility index (Phi) is 5.41. The highest BCUT2D eigenvalue weighted by atomic mass is 16.6. The van der Waals surface area contributed by atoms with E-state index in [1.807, 2.05) is 68.4 Å².